The lowest BCUT2D eigenvalue weighted by Gasteiger charge is -2.25. The van der Waals surface area contributed by atoms with Crippen LogP contribution in [0.25, 0.3) is 0 Å². The minimum Gasteiger partial charge on any atom is -0.376 e. The molecule has 5 heteroatoms. The summed E-state index contributed by atoms with van der Waals surface area (Å²) in [5, 5.41) is 12.4. The highest BCUT2D eigenvalue weighted by molar-refractivity contribution is 6.31. The Bertz CT molecular complexity index is 556. The first kappa shape index (κ1) is 14.4. The zero-order chi connectivity index (χ0) is 14.4. The van der Waals surface area contributed by atoms with Crippen LogP contribution in [0.15, 0.2) is 36.0 Å². The van der Waals surface area contributed by atoms with Crippen LogP contribution in [0.3, 0.4) is 0 Å². The van der Waals surface area contributed by atoms with E-state index in [0.717, 1.165) is 25.9 Å². The van der Waals surface area contributed by atoms with E-state index in [0.29, 0.717) is 10.7 Å². The fourth-order valence-corrected chi connectivity index (χ4v) is 2.32. The molecule has 0 bridgehead atoms. The first-order chi connectivity index (χ1) is 9.69. The van der Waals surface area contributed by atoms with Crippen molar-refractivity contribution in [1.29, 1.82) is 5.26 Å². The molecule has 1 aromatic rings. The van der Waals surface area contributed by atoms with Crippen molar-refractivity contribution < 1.29 is 4.79 Å². The van der Waals surface area contributed by atoms with Gasteiger partial charge in [0.15, 0.2) is 0 Å². The zero-order valence-electron chi connectivity index (χ0n) is 11.1. The Labute approximate surface area is 123 Å². The van der Waals surface area contributed by atoms with Gasteiger partial charge in [-0.25, -0.2) is 0 Å². The average Bonchev–Trinajstić information content (AvgIpc) is 2.45. The van der Waals surface area contributed by atoms with Gasteiger partial charge in [-0.2, -0.15) is 5.26 Å². The van der Waals surface area contributed by atoms with Crippen LogP contribution >= 0.6 is 11.6 Å². The molecule has 1 aliphatic heterocycles. The number of rotatable bonds is 3. The number of carbonyl (C=O) groups excluding carboxylic acids is 1. The molecule has 0 spiro atoms. The van der Waals surface area contributed by atoms with Gasteiger partial charge < -0.3 is 10.2 Å². The Hall–Kier alpha value is -1.99. The molecule has 1 aliphatic rings. The molecule has 1 N–H and O–H groups in total. The molecule has 1 fully saturated rings. The van der Waals surface area contributed by atoms with Crippen LogP contribution in [0.2, 0.25) is 5.02 Å². The molecule has 0 radical (unpaired) electrons. The van der Waals surface area contributed by atoms with Crippen LogP contribution in [0.5, 0.6) is 0 Å². The van der Waals surface area contributed by atoms with Crippen LogP contribution in [0, 0.1) is 11.3 Å². The monoisotopic (exact) mass is 289 g/mol. The standard InChI is InChI=1S/C15H16ClN3O/c16-13-5-4-6-14(9-13)18-15(20)12(10-17)11-19-7-2-1-3-8-19/h4-6,9,11H,1-3,7-8H2,(H,18,20)/b12-11-. The number of benzene rings is 1. The van der Waals surface area contributed by atoms with Crippen molar-refractivity contribution >= 4 is 23.2 Å². The molecule has 1 aromatic carbocycles. The van der Waals surface area contributed by atoms with Gasteiger partial charge in [-0.3, -0.25) is 4.79 Å². The quantitative estimate of drug-likeness (QED) is 0.687. The zero-order valence-corrected chi connectivity index (χ0v) is 11.9. The van der Waals surface area contributed by atoms with E-state index in [2.05, 4.69) is 5.32 Å². The Balaban J connectivity index is 2.05. The number of hydrogen-bond donors (Lipinski definition) is 1. The van der Waals surface area contributed by atoms with Gasteiger partial charge in [0.1, 0.15) is 11.6 Å². The van der Waals surface area contributed by atoms with Crippen molar-refractivity contribution in [3.8, 4) is 6.07 Å². The lowest BCUT2D eigenvalue weighted by atomic mass is 10.1. The molecular weight excluding hydrogens is 274 g/mol. The second kappa shape index (κ2) is 6.97. The van der Waals surface area contributed by atoms with Gasteiger partial charge in [-0.1, -0.05) is 17.7 Å². The molecule has 1 amide bonds. The van der Waals surface area contributed by atoms with Crippen LogP contribution < -0.4 is 5.32 Å². The average molecular weight is 290 g/mol. The maximum Gasteiger partial charge on any atom is 0.267 e. The number of nitriles is 1. The topological polar surface area (TPSA) is 56.1 Å². The van der Waals surface area contributed by atoms with Gasteiger partial charge in [0.05, 0.1) is 0 Å². The van der Waals surface area contributed by atoms with E-state index >= 15 is 0 Å². The van der Waals surface area contributed by atoms with E-state index in [1.807, 2.05) is 11.0 Å². The summed E-state index contributed by atoms with van der Waals surface area (Å²) in [5.74, 6) is -0.402. The van der Waals surface area contributed by atoms with E-state index in [1.165, 1.54) is 6.42 Å². The summed E-state index contributed by atoms with van der Waals surface area (Å²) in [7, 11) is 0. The third-order valence-corrected chi connectivity index (χ3v) is 3.38. The van der Waals surface area contributed by atoms with E-state index in [1.54, 1.807) is 30.5 Å². The number of anilines is 1. The second-order valence-corrected chi connectivity index (χ2v) is 5.15. The summed E-state index contributed by atoms with van der Waals surface area (Å²) in [6.45, 7) is 1.80. The van der Waals surface area contributed by atoms with Gasteiger partial charge in [0, 0.05) is 30.0 Å². The molecule has 1 heterocycles. The fraction of sp³-hybridized carbons (Fsp3) is 0.333. The van der Waals surface area contributed by atoms with Gasteiger partial charge in [0.2, 0.25) is 0 Å². The van der Waals surface area contributed by atoms with Crippen LogP contribution in [0.1, 0.15) is 19.3 Å². The van der Waals surface area contributed by atoms with E-state index in [-0.39, 0.29) is 5.57 Å². The first-order valence-electron chi connectivity index (χ1n) is 6.62. The third kappa shape index (κ3) is 4.01. The van der Waals surface area contributed by atoms with Crippen molar-refractivity contribution in [3.05, 3.63) is 41.1 Å². The van der Waals surface area contributed by atoms with Gasteiger partial charge >= 0.3 is 0 Å². The van der Waals surface area contributed by atoms with Crippen molar-refractivity contribution in [1.82, 2.24) is 4.90 Å². The molecular formula is C15H16ClN3O. The largest absolute Gasteiger partial charge is 0.376 e. The second-order valence-electron chi connectivity index (χ2n) is 4.72. The van der Waals surface area contributed by atoms with E-state index in [4.69, 9.17) is 16.9 Å². The Morgan fingerprint density at radius 1 is 1.35 bits per heavy atom. The van der Waals surface area contributed by atoms with Gasteiger partial charge in [-0.05, 0) is 37.5 Å². The molecule has 4 nitrogen and oxygen atoms in total. The molecule has 1 saturated heterocycles. The Morgan fingerprint density at radius 3 is 2.75 bits per heavy atom. The smallest absolute Gasteiger partial charge is 0.267 e. The SMILES string of the molecule is N#C/C(=C/N1CCCCC1)C(=O)Nc1cccc(Cl)c1. The Kier molecular flexibility index (Phi) is 5.03. The predicted octanol–water partition coefficient (Wildman–Crippen LogP) is 3.17. The molecule has 0 aromatic heterocycles. The predicted molar refractivity (Wildman–Crippen MR) is 79.2 cm³/mol. The van der Waals surface area contributed by atoms with Crippen molar-refractivity contribution in [2.45, 2.75) is 19.3 Å². The molecule has 0 atom stereocenters. The number of piperidine rings is 1. The minimum absolute atomic E-state index is 0.117. The summed E-state index contributed by atoms with van der Waals surface area (Å²) in [6, 6.07) is 8.82. The van der Waals surface area contributed by atoms with E-state index in [9.17, 15) is 4.79 Å². The van der Waals surface area contributed by atoms with Gasteiger partial charge in [0.25, 0.3) is 5.91 Å². The number of amides is 1. The highest BCUT2D eigenvalue weighted by Gasteiger charge is 2.13. The highest BCUT2D eigenvalue weighted by atomic mass is 35.5. The number of nitrogens with zero attached hydrogens (tertiary/aromatic N) is 2. The number of hydrogen-bond acceptors (Lipinski definition) is 3. The third-order valence-electron chi connectivity index (χ3n) is 3.15. The van der Waals surface area contributed by atoms with Crippen LogP contribution in [-0.4, -0.2) is 23.9 Å². The van der Waals surface area contributed by atoms with Gasteiger partial charge in [-0.15, -0.1) is 0 Å². The maximum atomic E-state index is 12.1. The molecule has 0 aliphatic carbocycles. The summed E-state index contributed by atoms with van der Waals surface area (Å²) in [4.78, 5) is 14.1. The summed E-state index contributed by atoms with van der Waals surface area (Å²) in [6.07, 6.45) is 5.07. The summed E-state index contributed by atoms with van der Waals surface area (Å²) < 4.78 is 0. The van der Waals surface area contributed by atoms with E-state index < -0.39 is 5.91 Å². The van der Waals surface area contributed by atoms with Crippen LogP contribution in [-0.2, 0) is 4.79 Å². The molecule has 2 rings (SSSR count). The molecule has 0 unspecified atom stereocenters. The first-order valence-corrected chi connectivity index (χ1v) is 7.00. The molecule has 0 saturated carbocycles. The number of carbonyl (C=O) groups is 1. The lowest BCUT2D eigenvalue weighted by Crippen LogP contribution is -2.26. The highest BCUT2D eigenvalue weighted by Crippen LogP contribution is 2.16. The minimum atomic E-state index is -0.402. The lowest BCUT2D eigenvalue weighted by molar-refractivity contribution is -0.112. The fourth-order valence-electron chi connectivity index (χ4n) is 2.13. The summed E-state index contributed by atoms with van der Waals surface area (Å²) in [5.41, 5.74) is 0.703. The molecule has 20 heavy (non-hydrogen) atoms. The number of likely N-dealkylation sites (tertiary alicyclic amines) is 1. The van der Waals surface area contributed by atoms with Crippen LogP contribution in [0.4, 0.5) is 5.69 Å². The van der Waals surface area contributed by atoms with Crippen molar-refractivity contribution in [2.75, 3.05) is 18.4 Å². The normalized spacial score (nSPS) is 15.6. The summed E-state index contributed by atoms with van der Waals surface area (Å²) >= 11 is 5.86. The molecule has 104 valence electrons. The maximum absolute atomic E-state index is 12.1. The number of halogens is 1. The Morgan fingerprint density at radius 2 is 2.10 bits per heavy atom. The van der Waals surface area contributed by atoms with Crippen molar-refractivity contribution in [2.24, 2.45) is 0 Å². The number of nitrogens with one attached hydrogen (secondary N) is 1. The van der Waals surface area contributed by atoms with Crippen molar-refractivity contribution in [3.63, 3.8) is 0 Å².